The minimum absolute atomic E-state index is 0.261. The average molecular weight is 202 g/mol. The molecule has 0 fully saturated rings. The molecule has 0 unspecified atom stereocenters. The molecule has 0 aliphatic carbocycles. The highest BCUT2D eigenvalue weighted by Gasteiger charge is 2.02. The van der Waals surface area contributed by atoms with Gasteiger partial charge in [-0.1, -0.05) is 17.7 Å². The van der Waals surface area contributed by atoms with Crippen LogP contribution < -0.4 is 4.74 Å². The third-order valence-electron chi connectivity index (χ3n) is 1.96. The van der Waals surface area contributed by atoms with Gasteiger partial charge in [0.05, 0.1) is 0 Å². The Morgan fingerprint density at radius 1 is 1.13 bits per heavy atom. The van der Waals surface area contributed by atoms with Crippen LogP contribution in [-0.2, 0) is 0 Å². The van der Waals surface area contributed by atoms with Crippen LogP contribution >= 0.6 is 0 Å². The van der Waals surface area contributed by atoms with Crippen LogP contribution in [0.5, 0.6) is 11.7 Å². The van der Waals surface area contributed by atoms with E-state index in [1.807, 2.05) is 31.2 Å². The minimum atomic E-state index is 0.261. The van der Waals surface area contributed by atoms with E-state index in [1.54, 1.807) is 12.1 Å². The number of hydrogen-bond donors (Lipinski definition) is 0. The zero-order valence-electron chi connectivity index (χ0n) is 8.27. The molecular weight excluding hydrogens is 192 g/mol. The Hall–Kier alpha value is -2.03. The highest BCUT2D eigenvalue weighted by Crippen LogP contribution is 2.23. The van der Waals surface area contributed by atoms with Crippen molar-refractivity contribution in [3.8, 4) is 11.7 Å². The zero-order valence-corrected chi connectivity index (χ0v) is 8.27. The molecule has 2 aromatic rings. The Bertz CT molecular complexity index is 454. The van der Waals surface area contributed by atoms with Crippen LogP contribution in [0.25, 0.3) is 0 Å². The van der Waals surface area contributed by atoms with E-state index in [9.17, 15) is 4.79 Å². The van der Waals surface area contributed by atoms with Crippen LogP contribution in [-0.4, -0.2) is 6.29 Å². The lowest BCUT2D eigenvalue weighted by molar-refractivity contribution is 0.109. The van der Waals surface area contributed by atoms with Gasteiger partial charge in [0.1, 0.15) is 5.75 Å². The molecule has 1 aromatic carbocycles. The van der Waals surface area contributed by atoms with Gasteiger partial charge in [-0.3, -0.25) is 4.79 Å². The Morgan fingerprint density at radius 2 is 1.87 bits per heavy atom. The summed E-state index contributed by atoms with van der Waals surface area (Å²) in [5.74, 6) is 1.27. The fourth-order valence-corrected chi connectivity index (χ4v) is 1.18. The van der Waals surface area contributed by atoms with Crippen molar-refractivity contribution in [2.75, 3.05) is 0 Å². The Labute approximate surface area is 87.3 Å². The number of ether oxygens (including phenoxy) is 1. The fraction of sp³-hybridized carbons (Fsp3) is 0.0833. The second-order valence-corrected chi connectivity index (χ2v) is 3.19. The molecule has 0 N–H and O–H groups in total. The van der Waals surface area contributed by atoms with E-state index < -0.39 is 0 Å². The van der Waals surface area contributed by atoms with Crippen LogP contribution in [0.15, 0.2) is 40.8 Å². The maximum Gasteiger partial charge on any atom is 0.290 e. The van der Waals surface area contributed by atoms with Crippen LogP contribution in [0.2, 0.25) is 0 Å². The predicted molar refractivity (Wildman–Crippen MR) is 55.3 cm³/mol. The number of aryl methyl sites for hydroxylation is 1. The van der Waals surface area contributed by atoms with Gasteiger partial charge in [0.25, 0.3) is 5.95 Å². The molecule has 0 radical (unpaired) electrons. The first-order chi connectivity index (χ1) is 7.28. The smallest absolute Gasteiger partial charge is 0.290 e. The number of hydrogen-bond acceptors (Lipinski definition) is 3. The monoisotopic (exact) mass is 202 g/mol. The van der Waals surface area contributed by atoms with Crippen molar-refractivity contribution in [3.63, 3.8) is 0 Å². The topological polar surface area (TPSA) is 39.4 Å². The number of benzene rings is 1. The Balaban J connectivity index is 2.14. The fourth-order valence-electron chi connectivity index (χ4n) is 1.18. The number of carbonyl (C=O) groups is 1. The van der Waals surface area contributed by atoms with E-state index in [-0.39, 0.29) is 5.76 Å². The standard InChI is InChI=1S/C12H10O3/c1-9-2-4-10(5-3-9)14-12-7-6-11(8-13)15-12/h2-8H,1H3. The maximum absolute atomic E-state index is 10.4. The van der Waals surface area contributed by atoms with Crippen LogP contribution in [0.4, 0.5) is 0 Å². The van der Waals surface area contributed by atoms with Gasteiger partial charge in [-0.05, 0) is 25.1 Å². The van der Waals surface area contributed by atoms with Crippen molar-refractivity contribution in [3.05, 3.63) is 47.7 Å². The van der Waals surface area contributed by atoms with E-state index in [4.69, 9.17) is 9.15 Å². The van der Waals surface area contributed by atoms with Crippen LogP contribution in [0, 0.1) is 6.92 Å². The largest absolute Gasteiger partial charge is 0.426 e. The number of carbonyl (C=O) groups excluding carboxylic acids is 1. The molecule has 1 heterocycles. The van der Waals surface area contributed by atoms with Gasteiger partial charge >= 0.3 is 0 Å². The molecule has 76 valence electrons. The molecule has 0 saturated heterocycles. The SMILES string of the molecule is Cc1ccc(Oc2ccc(C=O)o2)cc1. The first kappa shape index (κ1) is 9.52. The third-order valence-corrected chi connectivity index (χ3v) is 1.96. The molecular formula is C12H10O3. The van der Waals surface area contributed by atoms with Gasteiger partial charge in [0.15, 0.2) is 12.0 Å². The lowest BCUT2D eigenvalue weighted by atomic mass is 10.2. The molecule has 0 aliphatic rings. The van der Waals surface area contributed by atoms with Crippen molar-refractivity contribution in [2.24, 2.45) is 0 Å². The van der Waals surface area contributed by atoms with E-state index >= 15 is 0 Å². The van der Waals surface area contributed by atoms with Crippen molar-refractivity contribution < 1.29 is 13.9 Å². The molecule has 0 amide bonds. The summed E-state index contributed by atoms with van der Waals surface area (Å²) >= 11 is 0. The van der Waals surface area contributed by atoms with Crippen LogP contribution in [0.3, 0.4) is 0 Å². The van der Waals surface area contributed by atoms with Gasteiger partial charge in [-0.2, -0.15) is 0 Å². The lowest BCUT2D eigenvalue weighted by Crippen LogP contribution is -1.81. The molecule has 0 aliphatic heterocycles. The highest BCUT2D eigenvalue weighted by molar-refractivity contribution is 5.70. The first-order valence-electron chi connectivity index (χ1n) is 4.57. The molecule has 3 nitrogen and oxygen atoms in total. The van der Waals surface area contributed by atoms with Gasteiger partial charge < -0.3 is 9.15 Å². The summed E-state index contributed by atoms with van der Waals surface area (Å²) in [4.78, 5) is 10.4. The second kappa shape index (κ2) is 4.00. The van der Waals surface area contributed by atoms with Gasteiger partial charge in [-0.15, -0.1) is 0 Å². The Morgan fingerprint density at radius 3 is 2.47 bits per heavy atom. The van der Waals surface area contributed by atoms with E-state index in [1.165, 1.54) is 0 Å². The molecule has 0 spiro atoms. The number of aldehydes is 1. The molecule has 2 rings (SSSR count). The molecule has 0 bridgehead atoms. The molecule has 15 heavy (non-hydrogen) atoms. The summed E-state index contributed by atoms with van der Waals surface area (Å²) in [7, 11) is 0. The number of furan rings is 1. The third kappa shape index (κ3) is 2.26. The molecule has 0 atom stereocenters. The van der Waals surface area contributed by atoms with Crippen molar-refractivity contribution in [2.45, 2.75) is 6.92 Å². The van der Waals surface area contributed by atoms with Crippen molar-refractivity contribution in [1.82, 2.24) is 0 Å². The quantitative estimate of drug-likeness (QED) is 0.717. The second-order valence-electron chi connectivity index (χ2n) is 3.19. The Kier molecular flexibility index (Phi) is 2.54. The minimum Gasteiger partial charge on any atom is -0.426 e. The first-order valence-corrected chi connectivity index (χ1v) is 4.57. The maximum atomic E-state index is 10.4. The lowest BCUT2D eigenvalue weighted by Gasteiger charge is -2.01. The summed E-state index contributed by atoms with van der Waals surface area (Å²) in [5, 5.41) is 0. The summed E-state index contributed by atoms with van der Waals surface area (Å²) in [5.41, 5.74) is 1.16. The summed E-state index contributed by atoms with van der Waals surface area (Å²) in [6, 6.07) is 10.8. The van der Waals surface area contributed by atoms with E-state index in [0.29, 0.717) is 18.0 Å². The predicted octanol–water partition coefficient (Wildman–Crippen LogP) is 3.19. The summed E-state index contributed by atoms with van der Waals surface area (Å²) in [6.45, 7) is 2.00. The van der Waals surface area contributed by atoms with Gasteiger partial charge in [0, 0.05) is 6.07 Å². The van der Waals surface area contributed by atoms with Gasteiger partial charge in [0.2, 0.25) is 0 Å². The zero-order chi connectivity index (χ0) is 10.7. The normalized spacial score (nSPS) is 9.93. The molecule has 3 heteroatoms. The summed E-state index contributed by atoms with van der Waals surface area (Å²) < 4.78 is 10.5. The van der Waals surface area contributed by atoms with Gasteiger partial charge in [-0.25, -0.2) is 0 Å². The summed E-state index contributed by atoms with van der Waals surface area (Å²) in [6.07, 6.45) is 0.641. The van der Waals surface area contributed by atoms with E-state index in [2.05, 4.69) is 0 Å². The average Bonchev–Trinajstić information content (AvgIpc) is 2.69. The number of rotatable bonds is 3. The molecule has 1 aromatic heterocycles. The van der Waals surface area contributed by atoms with Crippen LogP contribution in [0.1, 0.15) is 16.1 Å². The molecule has 0 saturated carbocycles. The van der Waals surface area contributed by atoms with Crippen molar-refractivity contribution >= 4 is 6.29 Å². The highest BCUT2D eigenvalue weighted by atomic mass is 16.6. The van der Waals surface area contributed by atoms with Crippen molar-refractivity contribution in [1.29, 1.82) is 0 Å². The van der Waals surface area contributed by atoms with E-state index in [0.717, 1.165) is 5.56 Å².